The zero-order valence-corrected chi connectivity index (χ0v) is 13.7. The van der Waals surface area contributed by atoms with Crippen molar-refractivity contribution in [2.24, 2.45) is 0 Å². The third kappa shape index (κ3) is 4.00. The summed E-state index contributed by atoms with van der Waals surface area (Å²) in [6.07, 6.45) is -1.22. The van der Waals surface area contributed by atoms with Crippen molar-refractivity contribution < 1.29 is 32.8 Å². The number of nitro benzene ring substituents is 1. The van der Waals surface area contributed by atoms with Gasteiger partial charge in [-0.25, -0.2) is 13.6 Å². The van der Waals surface area contributed by atoms with Crippen molar-refractivity contribution in [3.63, 3.8) is 0 Å². The lowest BCUT2D eigenvalue weighted by atomic mass is 10.1. The summed E-state index contributed by atoms with van der Waals surface area (Å²) >= 11 is 0. The van der Waals surface area contributed by atoms with Crippen LogP contribution < -0.4 is 4.74 Å². The highest BCUT2D eigenvalue weighted by atomic mass is 19.2. The van der Waals surface area contributed by atoms with E-state index in [9.17, 15) is 28.5 Å². The van der Waals surface area contributed by atoms with E-state index in [1.54, 1.807) is 0 Å². The molecule has 2 rings (SSSR count). The van der Waals surface area contributed by atoms with Crippen LogP contribution in [0.3, 0.4) is 0 Å². The van der Waals surface area contributed by atoms with Gasteiger partial charge < -0.3 is 9.47 Å². The Morgan fingerprint density at radius 1 is 1.08 bits per heavy atom. The fraction of sp³-hybridized carbons (Fsp3) is 0.176. The second kappa shape index (κ2) is 7.68. The minimum absolute atomic E-state index is 0.0638. The minimum atomic E-state index is -1.22. The summed E-state index contributed by atoms with van der Waals surface area (Å²) in [6.45, 7) is 1.31. The first-order valence-electron chi connectivity index (χ1n) is 7.27. The average molecular weight is 365 g/mol. The molecule has 0 bridgehead atoms. The molecule has 1 atom stereocenters. The maximum absolute atomic E-state index is 13.3. The molecule has 0 amide bonds. The first kappa shape index (κ1) is 19.0. The van der Waals surface area contributed by atoms with Crippen LogP contribution in [0.15, 0.2) is 36.4 Å². The van der Waals surface area contributed by atoms with Crippen molar-refractivity contribution in [2.45, 2.75) is 13.0 Å². The van der Waals surface area contributed by atoms with Gasteiger partial charge in [0.15, 0.2) is 23.5 Å². The van der Waals surface area contributed by atoms with E-state index in [-0.39, 0.29) is 16.9 Å². The molecule has 0 radical (unpaired) electrons. The Bertz CT molecular complexity index is 884. The largest absolute Gasteiger partial charge is 0.475 e. The fourth-order valence-electron chi connectivity index (χ4n) is 2.13. The van der Waals surface area contributed by atoms with Gasteiger partial charge >= 0.3 is 11.7 Å². The summed E-state index contributed by atoms with van der Waals surface area (Å²) in [5.74, 6) is -4.03. The van der Waals surface area contributed by atoms with Gasteiger partial charge in [-0.3, -0.25) is 14.9 Å². The van der Waals surface area contributed by atoms with Crippen LogP contribution in [0.4, 0.5) is 14.5 Å². The molecule has 136 valence electrons. The normalized spacial score (nSPS) is 11.5. The van der Waals surface area contributed by atoms with Crippen molar-refractivity contribution in [1.29, 1.82) is 0 Å². The van der Waals surface area contributed by atoms with Gasteiger partial charge in [0.05, 0.1) is 17.6 Å². The lowest BCUT2D eigenvalue weighted by Crippen LogP contribution is -2.24. The highest BCUT2D eigenvalue weighted by molar-refractivity contribution is 5.99. The fourth-order valence-corrected chi connectivity index (χ4v) is 2.13. The van der Waals surface area contributed by atoms with Gasteiger partial charge in [0.1, 0.15) is 0 Å². The van der Waals surface area contributed by atoms with Crippen molar-refractivity contribution in [2.75, 3.05) is 7.11 Å². The number of esters is 1. The first-order valence-corrected chi connectivity index (χ1v) is 7.27. The van der Waals surface area contributed by atoms with Crippen LogP contribution in [-0.4, -0.2) is 29.9 Å². The van der Waals surface area contributed by atoms with Gasteiger partial charge in [-0.05, 0) is 37.3 Å². The highest BCUT2D eigenvalue weighted by Crippen LogP contribution is 2.29. The number of rotatable bonds is 6. The van der Waals surface area contributed by atoms with E-state index in [1.807, 2.05) is 0 Å². The number of ketones is 1. The Hall–Kier alpha value is -3.36. The van der Waals surface area contributed by atoms with Gasteiger partial charge in [0.25, 0.3) is 0 Å². The third-order valence-electron chi connectivity index (χ3n) is 3.45. The van der Waals surface area contributed by atoms with Crippen molar-refractivity contribution in [3.8, 4) is 5.75 Å². The van der Waals surface area contributed by atoms with E-state index in [0.29, 0.717) is 6.07 Å². The Balaban J connectivity index is 2.28. The molecule has 0 aromatic heterocycles. The summed E-state index contributed by atoms with van der Waals surface area (Å²) < 4.78 is 36.0. The zero-order valence-electron chi connectivity index (χ0n) is 13.7. The number of carbonyl (C=O) groups is 2. The molecule has 0 fully saturated rings. The number of nitrogens with zero attached hydrogens (tertiary/aromatic N) is 1. The predicted molar refractivity (Wildman–Crippen MR) is 85.2 cm³/mol. The maximum Gasteiger partial charge on any atom is 0.338 e. The number of ether oxygens (including phenoxy) is 2. The van der Waals surface area contributed by atoms with Crippen molar-refractivity contribution >= 4 is 17.4 Å². The lowest BCUT2D eigenvalue weighted by molar-refractivity contribution is -0.386. The summed E-state index contributed by atoms with van der Waals surface area (Å²) in [5.41, 5.74) is -0.755. The molecular weight excluding hydrogens is 352 g/mol. The molecule has 0 saturated heterocycles. The Labute approximate surface area is 146 Å². The monoisotopic (exact) mass is 365 g/mol. The molecule has 0 aliphatic heterocycles. The summed E-state index contributed by atoms with van der Waals surface area (Å²) in [4.78, 5) is 34.1. The number of nitro groups is 1. The van der Waals surface area contributed by atoms with E-state index >= 15 is 0 Å². The summed E-state index contributed by atoms with van der Waals surface area (Å²) in [6, 6.07) is 5.93. The first-order chi connectivity index (χ1) is 12.2. The van der Waals surface area contributed by atoms with Crippen LogP contribution in [0, 0.1) is 21.7 Å². The summed E-state index contributed by atoms with van der Waals surface area (Å²) in [7, 11) is 1.13. The molecule has 9 heteroatoms. The molecule has 7 nitrogen and oxygen atoms in total. The van der Waals surface area contributed by atoms with Crippen molar-refractivity contribution in [1.82, 2.24) is 0 Å². The second-order valence-corrected chi connectivity index (χ2v) is 5.18. The molecule has 0 heterocycles. The minimum Gasteiger partial charge on any atom is -0.475 e. The number of halogens is 2. The molecule has 0 saturated carbocycles. The van der Waals surface area contributed by atoms with Gasteiger partial charge in [-0.1, -0.05) is 0 Å². The molecule has 0 aliphatic carbocycles. The van der Waals surface area contributed by atoms with Gasteiger partial charge in [0, 0.05) is 11.6 Å². The van der Waals surface area contributed by atoms with E-state index in [1.165, 1.54) is 13.0 Å². The average Bonchev–Trinajstić information content (AvgIpc) is 2.62. The smallest absolute Gasteiger partial charge is 0.338 e. The van der Waals surface area contributed by atoms with Crippen LogP contribution in [0.2, 0.25) is 0 Å². The Kier molecular flexibility index (Phi) is 5.61. The number of carbonyl (C=O) groups excluding carboxylic acids is 2. The van der Waals surface area contributed by atoms with E-state index in [2.05, 4.69) is 4.74 Å². The molecule has 2 aromatic carbocycles. The van der Waals surface area contributed by atoms with Crippen LogP contribution in [-0.2, 0) is 4.74 Å². The molecule has 0 aliphatic rings. The van der Waals surface area contributed by atoms with Crippen LogP contribution in [0.25, 0.3) is 0 Å². The SMILES string of the molecule is COC(=O)c1ccc(O[C@@H](C)C(=O)c2ccc(F)c(F)c2)c([N+](=O)[O-])c1. The van der Waals surface area contributed by atoms with Crippen molar-refractivity contribution in [3.05, 3.63) is 69.3 Å². The molecule has 2 aromatic rings. The molecule has 26 heavy (non-hydrogen) atoms. The highest BCUT2D eigenvalue weighted by Gasteiger charge is 2.24. The maximum atomic E-state index is 13.3. The topological polar surface area (TPSA) is 95.7 Å². The zero-order chi connectivity index (χ0) is 19.4. The van der Waals surface area contributed by atoms with Crippen LogP contribution in [0.1, 0.15) is 27.6 Å². The predicted octanol–water partition coefficient (Wildman–Crippen LogP) is 3.31. The lowest BCUT2D eigenvalue weighted by Gasteiger charge is -2.14. The van der Waals surface area contributed by atoms with E-state index in [0.717, 1.165) is 31.4 Å². The third-order valence-corrected chi connectivity index (χ3v) is 3.45. The Morgan fingerprint density at radius 2 is 1.73 bits per heavy atom. The number of hydrogen-bond donors (Lipinski definition) is 0. The van der Waals surface area contributed by atoms with Crippen LogP contribution >= 0.6 is 0 Å². The van der Waals surface area contributed by atoms with Gasteiger partial charge in [-0.2, -0.15) is 0 Å². The molecular formula is C17H13F2NO6. The summed E-state index contributed by atoms with van der Waals surface area (Å²) in [5, 5.41) is 11.2. The molecule has 0 unspecified atom stereocenters. The van der Waals surface area contributed by atoms with Gasteiger partial charge in [-0.15, -0.1) is 0 Å². The van der Waals surface area contributed by atoms with Gasteiger partial charge in [0.2, 0.25) is 5.78 Å². The van der Waals surface area contributed by atoms with Crippen LogP contribution in [0.5, 0.6) is 5.75 Å². The molecule has 0 spiro atoms. The quantitative estimate of drug-likeness (QED) is 0.337. The number of methoxy groups -OCH3 is 1. The number of Topliss-reactive ketones (excluding diaryl/α,β-unsaturated/α-hetero) is 1. The number of benzene rings is 2. The number of hydrogen-bond acceptors (Lipinski definition) is 6. The Morgan fingerprint density at radius 3 is 2.31 bits per heavy atom. The standard InChI is InChI=1S/C17H13F2NO6/c1-9(16(21)10-3-5-12(18)13(19)7-10)26-15-6-4-11(17(22)25-2)8-14(15)20(23)24/h3-9H,1-2H3/t9-/m0/s1. The van der Waals surface area contributed by atoms with E-state index < -0.39 is 40.1 Å². The molecule has 0 N–H and O–H groups in total. The van der Waals surface area contributed by atoms with E-state index in [4.69, 9.17) is 4.74 Å². The second-order valence-electron chi connectivity index (χ2n) is 5.18.